The maximum atomic E-state index is 5.36. The van der Waals surface area contributed by atoms with Crippen LogP contribution in [0.1, 0.15) is 20.3 Å². The lowest BCUT2D eigenvalue weighted by molar-refractivity contribution is 0.211. The maximum absolute atomic E-state index is 5.36. The monoisotopic (exact) mass is 138 g/mol. The van der Waals surface area contributed by atoms with E-state index in [1.807, 2.05) is 13.0 Å². The lowest BCUT2D eigenvalue weighted by Crippen LogP contribution is -2.00. The Bertz CT molecular complexity index is 156. The quantitative estimate of drug-likeness (QED) is 0.569. The summed E-state index contributed by atoms with van der Waals surface area (Å²) >= 11 is 0. The summed E-state index contributed by atoms with van der Waals surface area (Å²) in [5, 5.41) is 0. The molecule has 0 heterocycles. The first kappa shape index (κ1) is 7.39. The Morgan fingerprint density at radius 1 is 1.70 bits per heavy atom. The van der Waals surface area contributed by atoms with E-state index >= 15 is 0 Å². The van der Waals surface area contributed by atoms with Crippen molar-refractivity contribution in [2.45, 2.75) is 20.3 Å². The lowest BCUT2D eigenvalue weighted by Gasteiger charge is -2.13. The zero-order valence-electron chi connectivity index (χ0n) is 6.63. The molecule has 0 spiro atoms. The molecule has 1 atom stereocenters. The molecule has 0 N–H and O–H groups in total. The minimum atomic E-state index is 0.645. The van der Waals surface area contributed by atoms with E-state index < -0.39 is 0 Å². The molecule has 10 heavy (non-hydrogen) atoms. The average molecular weight is 138 g/mol. The summed E-state index contributed by atoms with van der Waals surface area (Å²) in [7, 11) is 0. The van der Waals surface area contributed by atoms with Gasteiger partial charge in [0.15, 0.2) is 0 Å². The molecule has 1 heteroatoms. The fourth-order valence-electron chi connectivity index (χ4n) is 1.10. The van der Waals surface area contributed by atoms with Crippen molar-refractivity contribution in [2.75, 3.05) is 6.61 Å². The molecule has 0 saturated carbocycles. The Kier molecular flexibility index (Phi) is 2.55. The summed E-state index contributed by atoms with van der Waals surface area (Å²) in [6.45, 7) is 5.00. The van der Waals surface area contributed by atoms with Gasteiger partial charge in [0, 0.05) is 6.42 Å². The molecule has 1 rings (SSSR count). The van der Waals surface area contributed by atoms with Crippen LogP contribution in [0.3, 0.4) is 0 Å². The summed E-state index contributed by atoms with van der Waals surface area (Å²) in [5.74, 6) is 1.77. The van der Waals surface area contributed by atoms with E-state index in [0.29, 0.717) is 5.92 Å². The van der Waals surface area contributed by atoms with Gasteiger partial charge >= 0.3 is 0 Å². The fourth-order valence-corrected chi connectivity index (χ4v) is 1.10. The molecule has 1 unspecified atom stereocenters. The molecular weight excluding hydrogens is 124 g/mol. The van der Waals surface area contributed by atoms with Crippen LogP contribution in [0.5, 0.6) is 0 Å². The van der Waals surface area contributed by atoms with E-state index in [0.717, 1.165) is 18.8 Å². The molecule has 1 aliphatic carbocycles. The minimum absolute atomic E-state index is 0.645. The fraction of sp³-hybridized carbons (Fsp3) is 0.556. The Morgan fingerprint density at radius 3 is 3.10 bits per heavy atom. The molecular formula is C9H14O. The molecule has 0 aromatic carbocycles. The highest BCUT2D eigenvalue weighted by Gasteiger charge is 2.05. The van der Waals surface area contributed by atoms with E-state index in [9.17, 15) is 0 Å². The molecule has 0 bridgehead atoms. The molecule has 1 nitrogen and oxygen atoms in total. The summed E-state index contributed by atoms with van der Waals surface area (Å²) in [6.07, 6.45) is 7.37. The Balaban J connectivity index is 2.45. The summed E-state index contributed by atoms with van der Waals surface area (Å²) in [4.78, 5) is 0. The summed E-state index contributed by atoms with van der Waals surface area (Å²) in [5.41, 5.74) is 0. The molecule has 0 amide bonds. The molecule has 0 fully saturated rings. The van der Waals surface area contributed by atoms with Gasteiger partial charge in [-0.25, -0.2) is 0 Å². The van der Waals surface area contributed by atoms with Gasteiger partial charge in [-0.1, -0.05) is 19.1 Å². The third-order valence-electron chi connectivity index (χ3n) is 1.57. The molecule has 0 aliphatic heterocycles. The second-order valence-corrected chi connectivity index (χ2v) is 2.63. The topological polar surface area (TPSA) is 9.23 Å². The lowest BCUT2D eigenvalue weighted by atomic mass is 10.0. The van der Waals surface area contributed by atoms with Crippen LogP contribution in [0, 0.1) is 5.92 Å². The molecule has 56 valence electrons. The molecule has 0 aromatic rings. The van der Waals surface area contributed by atoms with E-state index in [1.54, 1.807) is 0 Å². The van der Waals surface area contributed by atoms with Gasteiger partial charge < -0.3 is 4.74 Å². The Hall–Kier alpha value is -0.720. The van der Waals surface area contributed by atoms with Crippen LogP contribution in [0.2, 0.25) is 0 Å². The largest absolute Gasteiger partial charge is 0.498 e. The normalized spacial score (nSPS) is 24.2. The standard InChI is InChI=1S/C9H14O/c1-3-10-9-6-4-5-8(2)7-9/h4-6,8H,3,7H2,1-2H3. The second-order valence-electron chi connectivity index (χ2n) is 2.63. The van der Waals surface area contributed by atoms with Crippen LogP contribution in [-0.2, 0) is 4.74 Å². The van der Waals surface area contributed by atoms with Crippen LogP contribution >= 0.6 is 0 Å². The molecule has 0 radical (unpaired) electrons. The molecule has 0 saturated heterocycles. The number of rotatable bonds is 2. The van der Waals surface area contributed by atoms with Crippen molar-refractivity contribution in [3.05, 3.63) is 24.0 Å². The van der Waals surface area contributed by atoms with E-state index in [2.05, 4.69) is 19.1 Å². The van der Waals surface area contributed by atoms with Crippen molar-refractivity contribution in [1.82, 2.24) is 0 Å². The third kappa shape index (κ3) is 1.90. The van der Waals surface area contributed by atoms with Crippen LogP contribution in [0.15, 0.2) is 24.0 Å². The van der Waals surface area contributed by atoms with Gasteiger partial charge in [-0.2, -0.15) is 0 Å². The van der Waals surface area contributed by atoms with Gasteiger partial charge in [0.2, 0.25) is 0 Å². The van der Waals surface area contributed by atoms with Gasteiger partial charge in [0.05, 0.1) is 12.4 Å². The number of hydrogen-bond acceptors (Lipinski definition) is 1. The average Bonchev–Trinajstić information content (AvgIpc) is 1.88. The van der Waals surface area contributed by atoms with Gasteiger partial charge in [0.25, 0.3) is 0 Å². The summed E-state index contributed by atoms with van der Waals surface area (Å²) in [6, 6.07) is 0. The van der Waals surface area contributed by atoms with Gasteiger partial charge in [-0.05, 0) is 18.9 Å². The first-order valence-electron chi connectivity index (χ1n) is 3.83. The Labute approximate surface area is 62.4 Å². The predicted molar refractivity (Wildman–Crippen MR) is 42.6 cm³/mol. The van der Waals surface area contributed by atoms with Crippen LogP contribution < -0.4 is 0 Å². The zero-order valence-corrected chi connectivity index (χ0v) is 6.63. The third-order valence-corrected chi connectivity index (χ3v) is 1.57. The highest BCUT2D eigenvalue weighted by molar-refractivity contribution is 5.14. The SMILES string of the molecule is CCOC1=CC=CC(C)C1. The van der Waals surface area contributed by atoms with Crippen molar-refractivity contribution in [1.29, 1.82) is 0 Å². The predicted octanol–water partition coefficient (Wildman–Crippen LogP) is 2.50. The van der Waals surface area contributed by atoms with E-state index in [-0.39, 0.29) is 0 Å². The highest BCUT2D eigenvalue weighted by Crippen LogP contribution is 2.18. The van der Waals surface area contributed by atoms with Crippen LogP contribution in [0.25, 0.3) is 0 Å². The van der Waals surface area contributed by atoms with Crippen LogP contribution in [0.4, 0.5) is 0 Å². The summed E-state index contributed by atoms with van der Waals surface area (Å²) < 4.78 is 5.36. The first-order chi connectivity index (χ1) is 4.83. The Morgan fingerprint density at radius 2 is 2.50 bits per heavy atom. The number of ether oxygens (including phenoxy) is 1. The van der Waals surface area contributed by atoms with E-state index in [1.165, 1.54) is 0 Å². The van der Waals surface area contributed by atoms with Crippen molar-refractivity contribution >= 4 is 0 Å². The first-order valence-corrected chi connectivity index (χ1v) is 3.83. The maximum Gasteiger partial charge on any atom is 0.0965 e. The number of hydrogen-bond donors (Lipinski definition) is 0. The van der Waals surface area contributed by atoms with Gasteiger partial charge in [0.1, 0.15) is 0 Å². The van der Waals surface area contributed by atoms with Crippen molar-refractivity contribution in [2.24, 2.45) is 5.92 Å². The van der Waals surface area contributed by atoms with Gasteiger partial charge in [-0.15, -0.1) is 0 Å². The number of allylic oxidation sites excluding steroid dienone is 4. The molecule has 1 aliphatic rings. The van der Waals surface area contributed by atoms with E-state index in [4.69, 9.17) is 4.74 Å². The van der Waals surface area contributed by atoms with Crippen molar-refractivity contribution in [3.8, 4) is 0 Å². The molecule has 0 aromatic heterocycles. The smallest absolute Gasteiger partial charge is 0.0965 e. The van der Waals surface area contributed by atoms with Gasteiger partial charge in [-0.3, -0.25) is 0 Å². The zero-order chi connectivity index (χ0) is 7.40. The highest BCUT2D eigenvalue weighted by atomic mass is 16.5. The van der Waals surface area contributed by atoms with Crippen molar-refractivity contribution in [3.63, 3.8) is 0 Å². The van der Waals surface area contributed by atoms with Crippen molar-refractivity contribution < 1.29 is 4.74 Å². The minimum Gasteiger partial charge on any atom is -0.498 e. The second kappa shape index (κ2) is 3.45. The van der Waals surface area contributed by atoms with Crippen LogP contribution in [-0.4, -0.2) is 6.61 Å².